The maximum Gasteiger partial charge on any atom is 0.179 e. The number of hydrogen-bond donors (Lipinski definition) is 0. The van der Waals surface area contributed by atoms with Gasteiger partial charge in [-0.2, -0.15) is 0 Å². The van der Waals surface area contributed by atoms with Crippen molar-refractivity contribution in [3.8, 4) is 67.5 Å². The fourth-order valence-corrected chi connectivity index (χ4v) is 5.29. The summed E-state index contributed by atoms with van der Waals surface area (Å²) in [6.45, 7) is 0. The Morgan fingerprint density at radius 2 is 0.526 bits per heavy atom. The molecule has 1 aliphatic heterocycles. The molecule has 1 aliphatic rings. The molecule has 7 rings (SSSR count). The van der Waals surface area contributed by atoms with Crippen molar-refractivity contribution >= 4 is 0 Å². The molecule has 6 aromatic carbocycles. The van der Waals surface area contributed by atoms with Crippen LogP contribution in [-0.4, -0.2) is 0 Å². The minimum absolute atomic E-state index is 0.711. The van der Waals surface area contributed by atoms with Crippen LogP contribution in [0.25, 0.3) is 44.5 Å². The van der Waals surface area contributed by atoms with E-state index in [4.69, 9.17) is 9.47 Å². The summed E-state index contributed by atoms with van der Waals surface area (Å²) in [4.78, 5) is 0. The van der Waals surface area contributed by atoms with Crippen molar-refractivity contribution in [2.24, 2.45) is 0 Å². The van der Waals surface area contributed by atoms with Crippen LogP contribution in [0.4, 0.5) is 0 Å². The number of fused-ring (bicyclic) bond motifs is 2. The Morgan fingerprint density at radius 1 is 0.263 bits per heavy atom. The molecule has 0 saturated carbocycles. The van der Waals surface area contributed by atoms with E-state index in [0.29, 0.717) is 11.5 Å². The summed E-state index contributed by atoms with van der Waals surface area (Å²) in [6.07, 6.45) is 0. The Labute approximate surface area is 222 Å². The molecule has 0 N–H and O–H groups in total. The van der Waals surface area contributed by atoms with Crippen molar-refractivity contribution in [2.75, 3.05) is 0 Å². The van der Waals surface area contributed by atoms with Crippen LogP contribution in [0.15, 0.2) is 146 Å². The van der Waals surface area contributed by atoms with Gasteiger partial charge in [-0.3, -0.25) is 0 Å². The van der Waals surface area contributed by atoms with Crippen LogP contribution in [-0.2, 0) is 0 Å². The second kappa shape index (κ2) is 9.42. The maximum atomic E-state index is 6.75. The van der Waals surface area contributed by atoms with E-state index in [1.165, 1.54) is 0 Å². The van der Waals surface area contributed by atoms with Crippen molar-refractivity contribution in [1.29, 1.82) is 0 Å². The summed E-state index contributed by atoms with van der Waals surface area (Å²) in [7, 11) is 0. The maximum absolute atomic E-state index is 6.75. The molecule has 0 bridgehead atoms. The van der Waals surface area contributed by atoms with Crippen molar-refractivity contribution in [1.82, 2.24) is 0 Å². The molecule has 2 heteroatoms. The molecule has 38 heavy (non-hydrogen) atoms. The van der Waals surface area contributed by atoms with Gasteiger partial charge in [0.05, 0.1) is 0 Å². The van der Waals surface area contributed by atoms with E-state index in [2.05, 4.69) is 109 Å². The van der Waals surface area contributed by atoms with Gasteiger partial charge in [0.25, 0.3) is 0 Å². The highest BCUT2D eigenvalue weighted by molar-refractivity contribution is 6.07. The molecule has 180 valence electrons. The van der Waals surface area contributed by atoms with Crippen LogP contribution in [0, 0.1) is 0 Å². The van der Waals surface area contributed by atoms with Gasteiger partial charge in [-0.05, 0) is 34.4 Å². The van der Waals surface area contributed by atoms with Gasteiger partial charge in [-0.1, -0.05) is 133 Å². The Bertz CT molecular complexity index is 1590. The van der Waals surface area contributed by atoms with Crippen molar-refractivity contribution in [2.45, 2.75) is 0 Å². The molecule has 0 amide bonds. The topological polar surface area (TPSA) is 18.5 Å². The number of para-hydroxylation sites is 2. The van der Waals surface area contributed by atoms with Gasteiger partial charge in [-0.15, -0.1) is 0 Å². The summed E-state index contributed by atoms with van der Waals surface area (Å²) in [6, 6.07) is 50.0. The predicted molar refractivity (Wildman–Crippen MR) is 155 cm³/mol. The fourth-order valence-electron chi connectivity index (χ4n) is 5.29. The molecule has 2 nitrogen and oxygen atoms in total. The monoisotopic (exact) mass is 488 g/mol. The zero-order valence-corrected chi connectivity index (χ0v) is 20.7. The second-order valence-electron chi connectivity index (χ2n) is 9.27. The summed E-state index contributed by atoms with van der Waals surface area (Å²) in [5.41, 5.74) is 8.64. The van der Waals surface area contributed by atoms with Crippen LogP contribution in [0.1, 0.15) is 0 Å². The Hall–Kier alpha value is -5.08. The van der Waals surface area contributed by atoms with E-state index < -0.39 is 0 Å². The van der Waals surface area contributed by atoms with E-state index in [-0.39, 0.29) is 0 Å². The summed E-state index contributed by atoms with van der Waals surface area (Å²) < 4.78 is 13.5. The summed E-state index contributed by atoms with van der Waals surface area (Å²) in [5.74, 6) is 2.88. The Kier molecular flexibility index (Phi) is 5.49. The average Bonchev–Trinajstić information content (AvgIpc) is 3.00. The molecule has 0 fully saturated rings. The van der Waals surface area contributed by atoms with Gasteiger partial charge >= 0.3 is 0 Å². The van der Waals surface area contributed by atoms with Crippen LogP contribution in [0.3, 0.4) is 0 Å². The predicted octanol–water partition coefficient (Wildman–Crippen LogP) is 10.3. The molecule has 0 atom stereocenters. The van der Waals surface area contributed by atoms with Gasteiger partial charge in [0.1, 0.15) is 0 Å². The molecular weight excluding hydrogens is 464 g/mol. The van der Waals surface area contributed by atoms with Gasteiger partial charge < -0.3 is 9.47 Å². The summed E-state index contributed by atoms with van der Waals surface area (Å²) >= 11 is 0. The highest BCUT2D eigenvalue weighted by Gasteiger charge is 2.33. The number of ether oxygens (including phenoxy) is 2. The van der Waals surface area contributed by atoms with Crippen molar-refractivity contribution in [3.05, 3.63) is 146 Å². The third-order valence-corrected chi connectivity index (χ3v) is 6.93. The first-order valence-electron chi connectivity index (χ1n) is 12.8. The lowest BCUT2D eigenvalue weighted by atomic mass is 9.81. The number of rotatable bonds is 4. The van der Waals surface area contributed by atoms with Crippen molar-refractivity contribution in [3.63, 3.8) is 0 Å². The lowest BCUT2D eigenvalue weighted by Gasteiger charge is -2.30. The molecule has 0 unspecified atom stereocenters. The third kappa shape index (κ3) is 3.75. The molecule has 0 saturated heterocycles. The smallest absolute Gasteiger partial charge is 0.179 e. The largest absolute Gasteiger partial charge is 0.449 e. The van der Waals surface area contributed by atoms with Crippen LogP contribution >= 0.6 is 0 Å². The van der Waals surface area contributed by atoms with Gasteiger partial charge in [0, 0.05) is 22.3 Å². The van der Waals surface area contributed by atoms with Gasteiger partial charge in [0.2, 0.25) is 0 Å². The molecular formula is C36H24O2. The molecule has 6 aromatic rings. The Morgan fingerprint density at radius 3 is 0.842 bits per heavy atom. The SMILES string of the molecule is c1ccc(-c2c3c(c(-c4ccccc4)c(-c4ccccc4)c2-c2ccccc2)Oc2ccccc2O3)cc1. The van der Waals surface area contributed by atoms with Crippen LogP contribution < -0.4 is 9.47 Å². The van der Waals surface area contributed by atoms with Crippen LogP contribution in [0.2, 0.25) is 0 Å². The number of hydrogen-bond acceptors (Lipinski definition) is 2. The van der Waals surface area contributed by atoms with Gasteiger partial charge in [-0.25, -0.2) is 0 Å². The summed E-state index contributed by atoms with van der Waals surface area (Å²) in [5, 5.41) is 0. The van der Waals surface area contributed by atoms with Crippen molar-refractivity contribution < 1.29 is 9.47 Å². The first kappa shape index (κ1) is 22.1. The number of benzene rings is 6. The van der Waals surface area contributed by atoms with E-state index in [1.54, 1.807) is 0 Å². The van der Waals surface area contributed by atoms with E-state index in [1.807, 2.05) is 36.4 Å². The average molecular weight is 489 g/mol. The molecule has 0 aliphatic carbocycles. The first-order valence-corrected chi connectivity index (χ1v) is 12.8. The molecule has 1 heterocycles. The fraction of sp³-hybridized carbons (Fsp3) is 0. The second-order valence-corrected chi connectivity index (χ2v) is 9.27. The van der Waals surface area contributed by atoms with E-state index in [9.17, 15) is 0 Å². The lowest BCUT2D eigenvalue weighted by molar-refractivity contribution is 0.362. The Balaban J connectivity index is 1.70. The standard InChI is InChI=1S/C36H24O2/c1-5-15-25(16-6-1)31-32(26-17-7-2-8-18-26)34(28-21-11-4-12-22-28)36-35(33(31)27-19-9-3-10-20-27)37-29-23-13-14-24-30(29)38-36/h1-24H. The molecule has 0 spiro atoms. The zero-order chi connectivity index (χ0) is 25.3. The highest BCUT2D eigenvalue weighted by atomic mass is 16.6. The zero-order valence-electron chi connectivity index (χ0n) is 20.7. The minimum Gasteiger partial charge on any atom is -0.449 e. The molecule has 0 aromatic heterocycles. The third-order valence-electron chi connectivity index (χ3n) is 6.93. The van der Waals surface area contributed by atoms with Gasteiger partial charge in [0.15, 0.2) is 23.0 Å². The van der Waals surface area contributed by atoms with E-state index >= 15 is 0 Å². The lowest BCUT2D eigenvalue weighted by Crippen LogP contribution is -2.06. The molecule has 0 radical (unpaired) electrons. The first-order chi connectivity index (χ1) is 18.9. The van der Waals surface area contributed by atoms with Crippen LogP contribution in [0.5, 0.6) is 23.0 Å². The quantitative estimate of drug-likeness (QED) is 0.245. The minimum atomic E-state index is 0.711. The highest BCUT2D eigenvalue weighted by Crippen LogP contribution is 2.60. The van der Waals surface area contributed by atoms with E-state index in [0.717, 1.165) is 56.0 Å². The normalized spacial score (nSPS) is 11.6.